The summed E-state index contributed by atoms with van der Waals surface area (Å²) in [5.74, 6) is 1.24. The fourth-order valence-corrected chi connectivity index (χ4v) is 12.4. The van der Waals surface area contributed by atoms with Gasteiger partial charge in [0.15, 0.2) is 0 Å². The van der Waals surface area contributed by atoms with E-state index >= 15 is 0 Å². The van der Waals surface area contributed by atoms with E-state index in [9.17, 15) is 2.74 Å². The number of hydrogen-bond donors (Lipinski definition) is 0. The molecule has 0 saturated carbocycles. The second-order valence-electron chi connectivity index (χ2n) is 24.6. The minimum Gasteiger partial charge on any atom is -0.509 e. The molecule has 0 radical (unpaired) electrons. The Labute approximate surface area is 491 Å². The van der Waals surface area contributed by atoms with Gasteiger partial charge < -0.3 is 19.1 Å². The van der Waals surface area contributed by atoms with Gasteiger partial charge in [-0.05, 0) is 108 Å². The van der Waals surface area contributed by atoms with Gasteiger partial charge in [-0.25, -0.2) is 4.98 Å². The first-order valence-corrected chi connectivity index (χ1v) is 27.5. The van der Waals surface area contributed by atoms with Crippen LogP contribution in [0.25, 0.3) is 49.9 Å². The number of hydrogen-bond acceptors (Lipinski definition) is 4. The predicted molar refractivity (Wildman–Crippen MR) is 326 cm³/mol. The molecule has 0 atom stereocenters. The van der Waals surface area contributed by atoms with Crippen LogP contribution in [0.2, 0.25) is 0 Å². The molecule has 15 rings (SSSR count). The zero-order chi connectivity index (χ0) is 57.6. The number of ether oxygens (including phenoxy) is 1. The molecule has 80 heavy (non-hydrogen) atoms. The molecular weight excluding hydrogens is 1160 g/mol. The van der Waals surface area contributed by atoms with Crippen LogP contribution in [0.5, 0.6) is 11.5 Å². The van der Waals surface area contributed by atoms with Gasteiger partial charge in [0.05, 0.1) is 5.48 Å². The van der Waals surface area contributed by atoms with E-state index in [4.69, 9.17) is 12.5 Å². The topological polar surface area (TPSA) is 33.5 Å². The summed E-state index contributed by atoms with van der Waals surface area (Å²) in [4.78, 5) is 9.50. The van der Waals surface area contributed by atoms with Crippen molar-refractivity contribution < 1.29 is 31.3 Å². The Morgan fingerprint density at radius 3 is 1.76 bits per heavy atom. The van der Waals surface area contributed by atoms with Crippen molar-refractivity contribution in [2.24, 2.45) is 0 Å². The van der Waals surface area contributed by atoms with Crippen LogP contribution < -0.4 is 14.5 Å². The van der Waals surface area contributed by atoms with Crippen molar-refractivity contribution in [2.75, 3.05) is 9.80 Å². The molecule has 4 aliphatic rings. The van der Waals surface area contributed by atoms with Gasteiger partial charge in [0, 0.05) is 78.4 Å². The van der Waals surface area contributed by atoms with Crippen molar-refractivity contribution in [3.05, 3.63) is 269 Å². The fourth-order valence-electron chi connectivity index (χ4n) is 12.4. The zero-order valence-electron chi connectivity index (χ0n) is 50.5. The van der Waals surface area contributed by atoms with Crippen molar-refractivity contribution >= 4 is 44.6 Å². The number of pyridine rings is 1. The van der Waals surface area contributed by atoms with Crippen LogP contribution in [-0.4, -0.2) is 9.55 Å². The van der Waals surface area contributed by atoms with Gasteiger partial charge in [0.25, 0.3) is 0 Å². The number of rotatable bonds is 7. The van der Waals surface area contributed by atoms with Crippen molar-refractivity contribution in [3.63, 3.8) is 0 Å². The molecule has 0 saturated heterocycles. The Balaban J connectivity index is 0.00000658. The summed E-state index contributed by atoms with van der Waals surface area (Å²) in [5.41, 5.74) is 19.6. The first kappa shape index (κ1) is 46.9. The molecule has 0 N–H and O–H groups in total. The maximum Gasteiger partial charge on any atom is 0.135 e. The smallest absolute Gasteiger partial charge is 0.135 e. The van der Waals surface area contributed by atoms with Gasteiger partial charge in [-0.3, -0.25) is 0 Å². The summed E-state index contributed by atoms with van der Waals surface area (Å²) >= 11 is 0. The largest absolute Gasteiger partial charge is 0.509 e. The van der Waals surface area contributed by atoms with E-state index in [1.165, 1.54) is 33.4 Å². The number of fused-ring (bicyclic) bond motifs is 4. The van der Waals surface area contributed by atoms with Crippen LogP contribution in [0.3, 0.4) is 0 Å². The van der Waals surface area contributed by atoms with Gasteiger partial charge in [-0.2, -0.15) is 6.07 Å². The van der Waals surface area contributed by atoms with E-state index in [2.05, 4.69) is 237 Å². The Morgan fingerprint density at radius 2 is 1.11 bits per heavy atom. The van der Waals surface area contributed by atoms with Gasteiger partial charge in [0.1, 0.15) is 5.82 Å². The first-order valence-electron chi connectivity index (χ1n) is 29.5. The van der Waals surface area contributed by atoms with Crippen LogP contribution >= 0.6 is 0 Å². The maximum absolute atomic E-state index is 9.33. The van der Waals surface area contributed by atoms with Crippen molar-refractivity contribution in [1.29, 1.82) is 0 Å². The molecule has 2 bridgehead atoms. The minimum absolute atomic E-state index is 0. The van der Waals surface area contributed by atoms with Crippen LogP contribution in [0.1, 0.15) is 130 Å². The van der Waals surface area contributed by atoms with Crippen molar-refractivity contribution in [1.82, 2.24) is 9.55 Å². The van der Waals surface area contributed by atoms with E-state index < -0.39 is 0 Å². The summed E-state index contributed by atoms with van der Waals surface area (Å²) in [6.45, 7) is 22.4. The average Bonchev–Trinajstić information content (AvgIpc) is 2.41. The van der Waals surface area contributed by atoms with Crippen LogP contribution in [-0.2, 0) is 37.3 Å². The number of nitrogens with zero attached hydrogens (tertiary/aromatic N) is 4. The van der Waals surface area contributed by atoms with Crippen LogP contribution in [0.4, 0.5) is 22.7 Å². The second kappa shape index (κ2) is 19.1. The third-order valence-corrected chi connectivity index (χ3v) is 16.5. The predicted octanol–water partition coefficient (Wildman–Crippen LogP) is 19.2. The number of anilines is 4. The molecule has 398 valence electrons. The summed E-state index contributed by atoms with van der Waals surface area (Å²) in [7, 11) is 0. The molecule has 5 nitrogen and oxygen atoms in total. The standard InChI is InChI=1S/C74H63N4O.Pt/c1-72(2,3)48-36-37-75-67(41-48)78-62-31-18-17-24-55(62)56-35-34-52(44-65(56)78)79-66-43-51(42-61-68-57-25-13-15-27-59(57)69(70(61)66)60-28-16-14-26-58(60)68)76-45-77(64-33-20-19-32-63(64)76)71-53(46-22-11-10-12-23-46)29-21-30-54(71)47-38-49(73(4,5)6)40-50(39-47)74(7,8)9;/h10-42,45,68-69H,1-9H3;/q-3;/i17D,18D,24D,31D;. The van der Waals surface area contributed by atoms with E-state index in [0.717, 1.165) is 61.7 Å². The monoisotopic (exact) mass is 1220 g/mol. The normalized spacial score (nSPS) is 16.1. The molecule has 1 aliphatic heterocycles. The molecule has 3 aliphatic carbocycles. The van der Waals surface area contributed by atoms with Gasteiger partial charge in [-0.1, -0.05) is 219 Å². The molecular formula is C74H63N4OPt-3. The van der Waals surface area contributed by atoms with E-state index in [1.54, 1.807) is 6.20 Å². The van der Waals surface area contributed by atoms with Crippen molar-refractivity contribution in [2.45, 2.75) is 90.4 Å². The molecule has 11 aromatic rings. The Kier molecular flexibility index (Phi) is 11.2. The molecule has 0 unspecified atom stereocenters. The quantitative estimate of drug-likeness (QED) is 0.149. The minimum atomic E-state index is -0.313. The molecule has 6 heteroatoms. The summed E-state index contributed by atoms with van der Waals surface area (Å²) in [5, 5.41) is 1.01. The van der Waals surface area contributed by atoms with E-state index in [1.807, 2.05) is 28.8 Å². The summed E-state index contributed by atoms with van der Waals surface area (Å²) in [6.07, 6.45) is 1.76. The Morgan fingerprint density at radius 1 is 0.525 bits per heavy atom. The molecule has 3 heterocycles. The molecule has 9 aromatic carbocycles. The van der Waals surface area contributed by atoms with Crippen LogP contribution in [0.15, 0.2) is 200 Å². The molecule has 0 amide bonds. The number of benzene rings is 9. The number of para-hydroxylation sites is 4. The fraction of sp³-hybridized carbons (Fsp3) is 0.189. The second-order valence-corrected chi connectivity index (χ2v) is 24.6. The number of aromatic nitrogens is 2. The van der Waals surface area contributed by atoms with Gasteiger partial charge >= 0.3 is 0 Å². The van der Waals surface area contributed by atoms with E-state index in [-0.39, 0.29) is 73.3 Å². The molecule has 2 aromatic heterocycles. The third kappa shape index (κ3) is 8.42. The zero-order valence-corrected chi connectivity index (χ0v) is 48.8. The maximum atomic E-state index is 9.33. The third-order valence-electron chi connectivity index (χ3n) is 16.5. The molecule has 0 spiro atoms. The SMILES string of the molecule is [2H]c1c([2H])c([2H])c2c(c1[2H])c1ccc(Oc3[c-]c(N4[CH-]N(c5c(-c6ccccc6)cccc5-c5cc(C(C)(C)C)cc(C(C)(C)C)c5)c5ccccc54)cc4c3C3c5ccccc5C4c4ccccc43)[c-]c1n2-c1cc(C(C)(C)C)ccn1.[Pt]. The Bertz CT molecular complexity index is 4410. The Hall–Kier alpha value is -7.98. The summed E-state index contributed by atoms with van der Waals surface area (Å²) in [6, 6.07) is 67.6. The molecule has 0 fully saturated rings. The van der Waals surface area contributed by atoms with Gasteiger partial charge in [0.2, 0.25) is 0 Å². The van der Waals surface area contributed by atoms with Crippen LogP contribution in [0, 0.1) is 18.8 Å². The average molecular weight is 1220 g/mol. The van der Waals surface area contributed by atoms with Crippen molar-refractivity contribution in [3.8, 4) is 39.6 Å². The van der Waals surface area contributed by atoms with Gasteiger partial charge in [-0.15, -0.1) is 47.6 Å². The first-order chi connectivity index (χ1) is 39.7. The van der Waals surface area contributed by atoms with E-state index in [0.29, 0.717) is 39.1 Å². The summed E-state index contributed by atoms with van der Waals surface area (Å²) < 4.78 is 45.4.